The van der Waals surface area contributed by atoms with E-state index in [0.717, 1.165) is 6.42 Å². The van der Waals surface area contributed by atoms with E-state index in [4.69, 9.17) is 16.0 Å². The van der Waals surface area contributed by atoms with Crippen molar-refractivity contribution >= 4 is 17.6 Å². The zero-order valence-electron chi connectivity index (χ0n) is 10.3. The second kappa shape index (κ2) is 6.40. The summed E-state index contributed by atoms with van der Waals surface area (Å²) in [6, 6.07) is 8.75. The lowest BCUT2D eigenvalue weighted by molar-refractivity contribution is 0.512. The molecule has 1 aromatic carbocycles. The number of benzene rings is 1. The van der Waals surface area contributed by atoms with Gasteiger partial charge in [-0.05, 0) is 17.5 Å². The lowest BCUT2D eigenvalue weighted by Crippen LogP contribution is -2.02. The molecule has 0 aliphatic heterocycles. The summed E-state index contributed by atoms with van der Waals surface area (Å²) in [7, 11) is 0. The Labute approximate surface area is 111 Å². The van der Waals surface area contributed by atoms with Crippen molar-refractivity contribution in [3.05, 3.63) is 41.3 Å². The lowest BCUT2D eigenvalue weighted by atomic mass is 10.1. The van der Waals surface area contributed by atoms with Crippen LogP contribution >= 0.6 is 11.6 Å². The second-order valence-electron chi connectivity index (χ2n) is 3.92. The van der Waals surface area contributed by atoms with Gasteiger partial charge in [0.15, 0.2) is 0 Å². The van der Waals surface area contributed by atoms with Gasteiger partial charge in [0.25, 0.3) is 0 Å². The number of halogens is 1. The van der Waals surface area contributed by atoms with Gasteiger partial charge >= 0.3 is 6.01 Å². The predicted octanol–water partition coefficient (Wildman–Crippen LogP) is 3.03. The number of hydrogen-bond donors (Lipinski definition) is 1. The minimum Gasteiger partial charge on any atom is -0.408 e. The molecule has 1 aromatic heterocycles. The van der Waals surface area contributed by atoms with Crippen molar-refractivity contribution in [1.82, 2.24) is 10.2 Å². The summed E-state index contributed by atoms with van der Waals surface area (Å²) in [6.45, 7) is 2.83. The first-order valence-electron chi connectivity index (χ1n) is 6.02. The predicted molar refractivity (Wildman–Crippen MR) is 71.9 cm³/mol. The number of hydrogen-bond acceptors (Lipinski definition) is 4. The van der Waals surface area contributed by atoms with Crippen LogP contribution in [0.4, 0.5) is 6.01 Å². The van der Waals surface area contributed by atoms with Gasteiger partial charge in [0.2, 0.25) is 5.89 Å². The maximum Gasteiger partial charge on any atom is 0.315 e. The molecule has 5 heteroatoms. The third-order valence-corrected chi connectivity index (χ3v) is 2.89. The number of aryl methyl sites for hydroxylation is 2. The molecule has 1 N–H and O–H groups in total. The first kappa shape index (κ1) is 12.9. The van der Waals surface area contributed by atoms with Crippen LogP contribution < -0.4 is 5.32 Å². The van der Waals surface area contributed by atoms with Crippen LogP contribution in [0, 0.1) is 0 Å². The van der Waals surface area contributed by atoms with Gasteiger partial charge in [0, 0.05) is 18.8 Å². The molecule has 18 heavy (non-hydrogen) atoms. The standard InChI is InChI=1S/C13H16ClN3O/c1-2-10-5-3-4-6-11(10)9-15-13-17-16-12(18-13)7-8-14/h3-6H,2,7-9H2,1H3,(H,15,17). The molecule has 4 nitrogen and oxygen atoms in total. The molecule has 0 amide bonds. The maximum atomic E-state index is 5.61. The lowest BCUT2D eigenvalue weighted by Gasteiger charge is -2.07. The molecule has 0 bridgehead atoms. The topological polar surface area (TPSA) is 51.0 Å². The van der Waals surface area contributed by atoms with E-state index in [9.17, 15) is 0 Å². The van der Waals surface area contributed by atoms with Crippen molar-refractivity contribution in [3.8, 4) is 0 Å². The molecule has 0 fully saturated rings. The molecule has 0 saturated heterocycles. The van der Waals surface area contributed by atoms with E-state index < -0.39 is 0 Å². The summed E-state index contributed by atoms with van der Waals surface area (Å²) >= 11 is 5.61. The maximum absolute atomic E-state index is 5.61. The Hall–Kier alpha value is -1.55. The van der Waals surface area contributed by atoms with Crippen LogP contribution in [0.5, 0.6) is 0 Å². The zero-order chi connectivity index (χ0) is 12.8. The van der Waals surface area contributed by atoms with E-state index >= 15 is 0 Å². The third-order valence-electron chi connectivity index (χ3n) is 2.70. The minimum atomic E-state index is 0.445. The minimum absolute atomic E-state index is 0.445. The monoisotopic (exact) mass is 265 g/mol. The Morgan fingerprint density at radius 3 is 2.72 bits per heavy atom. The van der Waals surface area contributed by atoms with Crippen molar-refractivity contribution in [2.45, 2.75) is 26.3 Å². The fourth-order valence-electron chi connectivity index (χ4n) is 1.75. The van der Waals surface area contributed by atoms with E-state index in [1.807, 2.05) is 12.1 Å². The zero-order valence-corrected chi connectivity index (χ0v) is 11.1. The summed E-state index contributed by atoms with van der Waals surface area (Å²) in [5, 5.41) is 10.9. The summed E-state index contributed by atoms with van der Waals surface area (Å²) in [6.07, 6.45) is 1.61. The average molecular weight is 266 g/mol. The molecule has 96 valence electrons. The highest BCUT2D eigenvalue weighted by molar-refractivity contribution is 6.17. The summed E-state index contributed by atoms with van der Waals surface area (Å²) < 4.78 is 5.40. The summed E-state index contributed by atoms with van der Waals surface area (Å²) in [5.74, 6) is 1.05. The van der Waals surface area contributed by atoms with Crippen molar-refractivity contribution in [2.75, 3.05) is 11.2 Å². The van der Waals surface area contributed by atoms with Crippen molar-refractivity contribution in [2.24, 2.45) is 0 Å². The number of rotatable bonds is 6. The molecular weight excluding hydrogens is 250 g/mol. The van der Waals surface area contributed by atoms with Crippen LogP contribution in [0.1, 0.15) is 23.9 Å². The van der Waals surface area contributed by atoms with E-state index in [2.05, 4.69) is 34.6 Å². The largest absolute Gasteiger partial charge is 0.408 e. The van der Waals surface area contributed by atoms with E-state index in [0.29, 0.717) is 30.8 Å². The Balaban J connectivity index is 1.97. The highest BCUT2D eigenvalue weighted by Crippen LogP contribution is 2.13. The Kier molecular flexibility index (Phi) is 4.59. The molecular formula is C13H16ClN3O. The van der Waals surface area contributed by atoms with E-state index in [-0.39, 0.29) is 0 Å². The third kappa shape index (κ3) is 3.23. The molecule has 0 spiro atoms. The van der Waals surface area contributed by atoms with Gasteiger partial charge in [-0.25, -0.2) is 0 Å². The Morgan fingerprint density at radius 2 is 2.00 bits per heavy atom. The smallest absolute Gasteiger partial charge is 0.315 e. The van der Waals surface area contributed by atoms with Crippen LogP contribution in [-0.2, 0) is 19.4 Å². The quantitative estimate of drug-likeness (QED) is 0.816. The SMILES string of the molecule is CCc1ccccc1CNc1nnc(CCCl)o1. The first-order chi connectivity index (χ1) is 8.83. The van der Waals surface area contributed by atoms with Crippen LogP contribution in [0.15, 0.2) is 28.7 Å². The molecule has 0 atom stereocenters. The van der Waals surface area contributed by atoms with Crippen LogP contribution in [0.25, 0.3) is 0 Å². The van der Waals surface area contributed by atoms with Gasteiger partial charge in [-0.15, -0.1) is 16.7 Å². The van der Waals surface area contributed by atoms with Gasteiger partial charge in [-0.1, -0.05) is 36.3 Å². The highest BCUT2D eigenvalue weighted by Gasteiger charge is 2.06. The summed E-state index contributed by atoms with van der Waals surface area (Å²) in [5.41, 5.74) is 2.57. The number of nitrogens with one attached hydrogen (secondary N) is 1. The molecule has 0 radical (unpaired) electrons. The Morgan fingerprint density at radius 1 is 1.22 bits per heavy atom. The van der Waals surface area contributed by atoms with Gasteiger partial charge in [0.05, 0.1) is 0 Å². The van der Waals surface area contributed by atoms with Crippen molar-refractivity contribution in [1.29, 1.82) is 0 Å². The highest BCUT2D eigenvalue weighted by atomic mass is 35.5. The summed E-state index contributed by atoms with van der Waals surface area (Å²) in [4.78, 5) is 0. The van der Waals surface area contributed by atoms with Gasteiger partial charge in [-0.2, -0.15) is 0 Å². The van der Waals surface area contributed by atoms with Crippen LogP contribution in [-0.4, -0.2) is 16.1 Å². The molecule has 0 aliphatic carbocycles. The molecule has 1 heterocycles. The number of aromatic nitrogens is 2. The van der Waals surface area contributed by atoms with E-state index in [1.54, 1.807) is 0 Å². The normalized spacial score (nSPS) is 10.6. The molecule has 0 aliphatic rings. The van der Waals surface area contributed by atoms with Gasteiger partial charge < -0.3 is 9.73 Å². The van der Waals surface area contributed by atoms with Gasteiger partial charge in [0.1, 0.15) is 0 Å². The van der Waals surface area contributed by atoms with Crippen LogP contribution in [0.3, 0.4) is 0 Å². The Bertz CT molecular complexity index is 498. The number of alkyl halides is 1. The first-order valence-corrected chi connectivity index (χ1v) is 6.56. The fraction of sp³-hybridized carbons (Fsp3) is 0.385. The molecule has 0 unspecified atom stereocenters. The van der Waals surface area contributed by atoms with Crippen LogP contribution in [0.2, 0.25) is 0 Å². The fourth-order valence-corrected chi connectivity index (χ4v) is 1.91. The second-order valence-corrected chi connectivity index (χ2v) is 4.29. The molecule has 2 rings (SSSR count). The van der Waals surface area contributed by atoms with E-state index in [1.165, 1.54) is 11.1 Å². The number of anilines is 1. The molecule has 2 aromatic rings. The van der Waals surface area contributed by atoms with Crippen molar-refractivity contribution < 1.29 is 4.42 Å². The van der Waals surface area contributed by atoms with Crippen molar-refractivity contribution in [3.63, 3.8) is 0 Å². The van der Waals surface area contributed by atoms with Gasteiger partial charge in [-0.3, -0.25) is 0 Å². The number of nitrogens with zero attached hydrogens (tertiary/aromatic N) is 2. The molecule has 0 saturated carbocycles. The average Bonchev–Trinajstić information content (AvgIpc) is 2.85.